The molecule has 0 saturated heterocycles. The number of ketones is 2. The van der Waals surface area contributed by atoms with Crippen molar-refractivity contribution in [2.75, 3.05) is 0 Å². The van der Waals surface area contributed by atoms with Crippen molar-refractivity contribution in [1.29, 1.82) is 0 Å². The summed E-state index contributed by atoms with van der Waals surface area (Å²) in [6, 6.07) is 0. The Balaban J connectivity index is 1.47. The normalized spacial score (nSPS) is 24.9. The molecule has 30 heavy (non-hydrogen) atoms. The smallest absolute Gasteiger partial charge is 0.159 e. The van der Waals surface area contributed by atoms with E-state index < -0.39 is 0 Å². The first-order valence-electron chi connectivity index (χ1n) is 13.2. The number of hydrogen-bond acceptors (Lipinski definition) is 2. The second-order valence-corrected chi connectivity index (χ2v) is 9.96. The topological polar surface area (TPSA) is 34.1 Å². The maximum absolute atomic E-state index is 12.3. The lowest BCUT2D eigenvalue weighted by Gasteiger charge is -2.09. The van der Waals surface area contributed by atoms with Crippen LogP contribution >= 0.6 is 0 Å². The Hall–Kier alpha value is -1.18. The molecule has 0 amide bonds. The van der Waals surface area contributed by atoms with Crippen LogP contribution in [0.4, 0.5) is 0 Å². The third-order valence-electron chi connectivity index (χ3n) is 7.65. The summed E-state index contributed by atoms with van der Waals surface area (Å²) in [5.74, 6) is 0.907. The van der Waals surface area contributed by atoms with Gasteiger partial charge in [-0.05, 0) is 75.4 Å². The van der Waals surface area contributed by atoms with Crippen LogP contribution in [-0.4, -0.2) is 11.6 Å². The van der Waals surface area contributed by atoms with Gasteiger partial charge in [-0.3, -0.25) is 9.59 Å². The Kier molecular flexibility index (Phi) is 10.4. The summed E-state index contributed by atoms with van der Waals surface area (Å²) in [5, 5.41) is 0. The molecule has 0 heterocycles. The van der Waals surface area contributed by atoms with Gasteiger partial charge in [0, 0.05) is 12.8 Å². The highest BCUT2D eigenvalue weighted by Crippen LogP contribution is 2.32. The fourth-order valence-corrected chi connectivity index (χ4v) is 5.76. The van der Waals surface area contributed by atoms with Crippen LogP contribution in [0.25, 0.3) is 0 Å². The SMILES string of the molecule is O=C1CCC2=C1CCCCCCCCCC1=C(CCCCCCCCC2)CCC1=O. The van der Waals surface area contributed by atoms with Crippen molar-refractivity contribution in [3.63, 3.8) is 0 Å². The van der Waals surface area contributed by atoms with E-state index in [0.717, 1.165) is 38.5 Å². The van der Waals surface area contributed by atoms with Crippen LogP contribution in [0, 0.1) is 0 Å². The highest BCUT2D eigenvalue weighted by atomic mass is 16.1. The molecule has 0 atom stereocenters. The minimum absolute atomic E-state index is 0.453. The van der Waals surface area contributed by atoms with E-state index in [1.165, 1.54) is 125 Å². The van der Waals surface area contributed by atoms with E-state index in [4.69, 9.17) is 0 Å². The molecule has 0 unspecified atom stereocenters. The molecule has 0 bridgehead atoms. The number of carbonyl (C=O) groups excluding carboxylic acids is 2. The van der Waals surface area contributed by atoms with Crippen LogP contribution in [0.2, 0.25) is 0 Å². The fourth-order valence-electron chi connectivity index (χ4n) is 5.76. The molecule has 0 aliphatic heterocycles. The predicted molar refractivity (Wildman–Crippen MR) is 126 cm³/mol. The number of Topliss-reactive ketones (excluding diaryl/α,β-unsaturated/α-hetero) is 2. The van der Waals surface area contributed by atoms with Gasteiger partial charge in [0.2, 0.25) is 0 Å². The summed E-state index contributed by atoms with van der Waals surface area (Å²) in [7, 11) is 0. The Labute approximate surface area is 185 Å². The summed E-state index contributed by atoms with van der Waals surface area (Å²) in [5.41, 5.74) is 5.47. The fraction of sp³-hybridized carbons (Fsp3) is 0.786. The van der Waals surface area contributed by atoms with Gasteiger partial charge in [-0.15, -0.1) is 0 Å². The molecule has 0 aromatic heterocycles. The molecule has 2 heteroatoms. The maximum atomic E-state index is 12.3. The van der Waals surface area contributed by atoms with Crippen molar-refractivity contribution in [3.05, 3.63) is 22.3 Å². The Bertz CT molecular complexity index is 583. The molecule has 0 radical (unpaired) electrons. The summed E-state index contributed by atoms with van der Waals surface area (Å²) >= 11 is 0. The minimum Gasteiger partial charge on any atom is -0.295 e. The Morgan fingerprint density at radius 2 is 0.600 bits per heavy atom. The summed E-state index contributed by atoms with van der Waals surface area (Å²) in [6.07, 6.45) is 26.1. The van der Waals surface area contributed by atoms with Gasteiger partial charge in [-0.25, -0.2) is 0 Å². The molecule has 2 nitrogen and oxygen atoms in total. The third kappa shape index (κ3) is 7.50. The van der Waals surface area contributed by atoms with Crippen LogP contribution in [0.3, 0.4) is 0 Å². The van der Waals surface area contributed by atoms with Crippen molar-refractivity contribution in [1.82, 2.24) is 0 Å². The Morgan fingerprint density at radius 3 is 0.967 bits per heavy atom. The van der Waals surface area contributed by atoms with Gasteiger partial charge in [-0.2, -0.15) is 0 Å². The lowest BCUT2D eigenvalue weighted by molar-refractivity contribution is -0.115. The van der Waals surface area contributed by atoms with Gasteiger partial charge in [0.15, 0.2) is 11.6 Å². The monoisotopic (exact) mass is 412 g/mol. The van der Waals surface area contributed by atoms with Crippen LogP contribution in [0.5, 0.6) is 0 Å². The van der Waals surface area contributed by atoms with Gasteiger partial charge < -0.3 is 0 Å². The van der Waals surface area contributed by atoms with Gasteiger partial charge >= 0.3 is 0 Å². The molecule has 0 fully saturated rings. The van der Waals surface area contributed by atoms with Crippen molar-refractivity contribution in [2.24, 2.45) is 0 Å². The van der Waals surface area contributed by atoms with Crippen molar-refractivity contribution in [3.8, 4) is 0 Å². The zero-order valence-electron chi connectivity index (χ0n) is 19.4. The van der Waals surface area contributed by atoms with Gasteiger partial charge in [0.05, 0.1) is 0 Å². The van der Waals surface area contributed by atoms with Crippen molar-refractivity contribution in [2.45, 2.75) is 141 Å². The summed E-state index contributed by atoms with van der Waals surface area (Å²) in [4.78, 5) is 24.6. The van der Waals surface area contributed by atoms with Crippen LogP contribution in [-0.2, 0) is 9.59 Å². The number of carbonyl (C=O) groups is 2. The molecule has 3 aliphatic rings. The molecule has 0 aromatic carbocycles. The lowest BCUT2D eigenvalue weighted by Crippen LogP contribution is -1.98. The number of rotatable bonds is 0. The van der Waals surface area contributed by atoms with Crippen molar-refractivity contribution >= 4 is 11.6 Å². The van der Waals surface area contributed by atoms with E-state index in [9.17, 15) is 9.59 Å². The first-order chi connectivity index (χ1) is 14.8. The van der Waals surface area contributed by atoms with E-state index in [2.05, 4.69) is 0 Å². The van der Waals surface area contributed by atoms with Crippen LogP contribution in [0.15, 0.2) is 22.3 Å². The molecule has 0 saturated carbocycles. The molecular formula is C28H44O2. The zero-order valence-corrected chi connectivity index (χ0v) is 19.4. The maximum Gasteiger partial charge on any atom is 0.159 e. The molecular weight excluding hydrogens is 368 g/mol. The highest BCUT2D eigenvalue weighted by molar-refractivity contribution is 5.99. The second kappa shape index (κ2) is 13.3. The Morgan fingerprint density at radius 1 is 0.300 bits per heavy atom. The molecule has 3 rings (SSSR count). The third-order valence-corrected chi connectivity index (χ3v) is 7.65. The van der Waals surface area contributed by atoms with E-state index >= 15 is 0 Å². The number of hydrogen-bond donors (Lipinski definition) is 0. The van der Waals surface area contributed by atoms with Gasteiger partial charge in [0.1, 0.15) is 0 Å². The average molecular weight is 413 g/mol. The summed E-state index contributed by atoms with van der Waals surface area (Å²) in [6.45, 7) is 0. The molecule has 0 spiro atoms. The predicted octanol–water partition coefficient (Wildman–Crippen LogP) is 8.34. The van der Waals surface area contributed by atoms with E-state index in [0.29, 0.717) is 11.6 Å². The van der Waals surface area contributed by atoms with Crippen molar-refractivity contribution < 1.29 is 9.59 Å². The molecule has 168 valence electrons. The van der Waals surface area contributed by atoms with Gasteiger partial charge in [-0.1, -0.05) is 75.4 Å². The zero-order chi connectivity index (χ0) is 21.0. The lowest BCUT2D eigenvalue weighted by atomic mass is 9.96. The minimum atomic E-state index is 0.453. The van der Waals surface area contributed by atoms with Crippen LogP contribution in [0.1, 0.15) is 141 Å². The molecule has 3 aliphatic carbocycles. The summed E-state index contributed by atoms with van der Waals surface area (Å²) < 4.78 is 0. The molecule has 0 aromatic rings. The van der Waals surface area contributed by atoms with E-state index in [1.807, 2.05) is 0 Å². The number of allylic oxidation sites excluding steroid dienone is 4. The quantitative estimate of drug-likeness (QED) is 0.400. The highest BCUT2D eigenvalue weighted by Gasteiger charge is 2.22. The standard InChI is InChI=1S/C28H44O2/c29-27-21-19-23-15-11-7-3-1-4-8-12-16-24-20-22-28(30)26(24)18-14-10-6-2-5-9-13-17-25(23)27/h1-22H2. The largest absolute Gasteiger partial charge is 0.295 e. The first-order valence-corrected chi connectivity index (χ1v) is 13.2. The van der Waals surface area contributed by atoms with Crippen LogP contribution < -0.4 is 0 Å². The average Bonchev–Trinajstić information content (AvgIpc) is 3.27. The first kappa shape index (κ1) is 23.5. The van der Waals surface area contributed by atoms with E-state index in [-0.39, 0.29) is 0 Å². The second-order valence-electron chi connectivity index (χ2n) is 9.96. The van der Waals surface area contributed by atoms with E-state index in [1.54, 1.807) is 0 Å². The van der Waals surface area contributed by atoms with Gasteiger partial charge in [0.25, 0.3) is 0 Å². The molecule has 0 N–H and O–H groups in total.